The predicted molar refractivity (Wildman–Crippen MR) is 85.1 cm³/mol. The third-order valence-corrected chi connectivity index (χ3v) is 8.05. The molecule has 0 saturated heterocycles. The molecule has 0 bridgehead atoms. The number of rotatable bonds is 0. The molecule has 3 N–H and O–H groups in total. The van der Waals surface area contributed by atoms with Gasteiger partial charge in [-0.3, -0.25) is 0 Å². The predicted octanol–water partition coefficient (Wildman–Crippen LogP) is 2.64. The molecule has 0 aromatic carbocycles. The molecular weight excluding hydrogens is 276 g/mol. The maximum Gasteiger partial charge on any atom is 0.0855 e. The Morgan fingerprint density at radius 1 is 1.05 bits per heavy atom. The maximum absolute atomic E-state index is 10.5. The smallest absolute Gasteiger partial charge is 0.0855 e. The molecule has 3 heteroatoms. The Kier molecular flexibility index (Phi) is 3.32. The molecule has 0 aromatic heterocycles. The van der Waals surface area contributed by atoms with Crippen molar-refractivity contribution >= 4 is 0 Å². The van der Waals surface area contributed by atoms with E-state index in [1.165, 1.54) is 5.57 Å². The summed E-state index contributed by atoms with van der Waals surface area (Å²) in [5.41, 5.74) is 1.62. The van der Waals surface area contributed by atoms with Gasteiger partial charge in [0.1, 0.15) is 0 Å². The van der Waals surface area contributed by atoms with Crippen LogP contribution in [-0.4, -0.2) is 33.6 Å². The highest BCUT2D eigenvalue weighted by molar-refractivity contribution is 5.25. The van der Waals surface area contributed by atoms with Crippen LogP contribution in [0, 0.1) is 28.6 Å². The Labute approximate surface area is 133 Å². The molecule has 22 heavy (non-hydrogen) atoms. The summed E-state index contributed by atoms with van der Waals surface area (Å²) in [6.45, 7) is 4.60. The number of aliphatic hydroxyl groups excluding tert-OH is 3. The minimum absolute atomic E-state index is 0.101. The van der Waals surface area contributed by atoms with Gasteiger partial charge < -0.3 is 15.3 Å². The number of hydrogen-bond donors (Lipinski definition) is 3. The van der Waals surface area contributed by atoms with E-state index in [2.05, 4.69) is 19.9 Å². The van der Waals surface area contributed by atoms with Crippen LogP contribution in [-0.2, 0) is 0 Å². The first-order chi connectivity index (χ1) is 10.4. The molecule has 4 aliphatic carbocycles. The number of allylic oxidation sites excluding steroid dienone is 1. The topological polar surface area (TPSA) is 60.7 Å². The van der Waals surface area contributed by atoms with E-state index >= 15 is 0 Å². The molecule has 4 aliphatic rings. The van der Waals surface area contributed by atoms with Crippen molar-refractivity contribution in [2.75, 3.05) is 0 Å². The van der Waals surface area contributed by atoms with Gasteiger partial charge in [0.25, 0.3) is 0 Å². The second-order valence-electron chi connectivity index (χ2n) is 8.95. The Morgan fingerprint density at radius 3 is 2.59 bits per heavy atom. The summed E-state index contributed by atoms with van der Waals surface area (Å²) in [6, 6.07) is 0. The summed E-state index contributed by atoms with van der Waals surface area (Å²) in [7, 11) is 0. The molecule has 4 rings (SSSR count). The van der Waals surface area contributed by atoms with Crippen molar-refractivity contribution in [2.45, 2.75) is 77.1 Å². The van der Waals surface area contributed by atoms with Crippen molar-refractivity contribution in [3.63, 3.8) is 0 Å². The third kappa shape index (κ3) is 1.85. The molecule has 0 aliphatic heterocycles. The van der Waals surface area contributed by atoms with Gasteiger partial charge in [-0.25, -0.2) is 0 Å². The molecule has 0 aromatic rings. The van der Waals surface area contributed by atoms with Crippen LogP contribution in [0.25, 0.3) is 0 Å². The molecule has 0 radical (unpaired) electrons. The zero-order valence-corrected chi connectivity index (χ0v) is 13.8. The Morgan fingerprint density at radius 2 is 1.82 bits per heavy atom. The Hall–Kier alpha value is -0.380. The van der Waals surface area contributed by atoms with Crippen LogP contribution < -0.4 is 0 Å². The van der Waals surface area contributed by atoms with Gasteiger partial charge in [-0.1, -0.05) is 25.5 Å². The van der Waals surface area contributed by atoms with E-state index in [0.717, 1.165) is 44.9 Å². The van der Waals surface area contributed by atoms with E-state index in [-0.39, 0.29) is 16.9 Å². The summed E-state index contributed by atoms with van der Waals surface area (Å²) >= 11 is 0. The lowest BCUT2D eigenvalue weighted by Crippen LogP contribution is -2.51. The van der Waals surface area contributed by atoms with Crippen LogP contribution in [0.2, 0.25) is 0 Å². The zero-order chi connectivity index (χ0) is 15.7. The van der Waals surface area contributed by atoms with Gasteiger partial charge in [0.15, 0.2) is 0 Å². The summed E-state index contributed by atoms with van der Waals surface area (Å²) in [6.07, 6.45) is 8.04. The fourth-order valence-electron chi connectivity index (χ4n) is 6.63. The van der Waals surface area contributed by atoms with Gasteiger partial charge in [0, 0.05) is 0 Å². The molecule has 8 atom stereocenters. The minimum Gasteiger partial charge on any atom is -0.393 e. The summed E-state index contributed by atoms with van der Waals surface area (Å²) in [4.78, 5) is 0. The molecule has 124 valence electrons. The van der Waals surface area contributed by atoms with Crippen molar-refractivity contribution in [3.8, 4) is 0 Å². The van der Waals surface area contributed by atoms with Gasteiger partial charge in [0.2, 0.25) is 0 Å². The largest absolute Gasteiger partial charge is 0.393 e. The molecular formula is C19H30O3. The van der Waals surface area contributed by atoms with Crippen LogP contribution in [0.4, 0.5) is 0 Å². The van der Waals surface area contributed by atoms with Gasteiger partial charge in [-0.2, -0.15) is 0 Å². The highest BCUT2D eigenvalue weighted by atomic mass is 16.3. The quantitative estimate of drug-likeness (QED) is 0.603. The summed E-state index contributed by atoms with van der Waals surface area (Å²) in [5, 5.41) is 30.7. The van der Waals surface area contributed by atoms with E-state index in [1.807, 2.05) is 0 Å². The standard InChI is InChI=1S/C19H30O3/c1-18-7-5-12(20)9-11(18)3-4-13-14(18)6-8-19(2)15(13)10-16(21)17(19)22/h3,12-17,20-22H,4-10H2,1-2H3/t12-,13-,14+,15+,16-,17+,18+,19+/m1/s1. The molecule has 3 fully saturated rings. The van der Waals surface area contributed by atoms with E-state index < -0.39 is 12.2 Å². The number of aliphatic hydroxyl groups is 3. The molecule has 0 spiro atoms. The summed E-state index contributed by atoms with van der Waals surface area (Å²) < 4.78 is 0. The van der Waals surface area contributed by atoms with E-state index in [4.69, 9.17) is 0 Å². The average Bonchev–Trinajstić information content (AvgIpc) is 2.72. The average molecular weight is 306 g/mol. The molecule has 0 amide bonds. The zero-order valence-electron chi connectivity index (χ0n) is 13.8. The fourth-order valence-corrected chi connectivity index (χ4v) is 6.63. The SMILES string of the molecule is C[C@]12CC[C@H]3[C@@H](CC=C4C[C@H](O)CC[C@@]43C)[C@@H]1C[C@@H](O)[C@@H]2O. The van der Waals surface area contributed by atoms with Crippen LogP contribution >= 0.6 is 0 Å². The Balaban J connectivity index is 1.68. The monoisotopic (exact) mass is 306 g/mol. The van der Waals surface area contributed by atoms with Crippen molar-refractivity contribution in [1.29, 1.82) is 0 Å². The minimum atomic E-state index is -0.551. The maximum atomic E-state index is 10.5. The second-order valence-corrected chi connectivity index (χ2v) is 8.95. The van der Waals surface area contributed by atoms with Gasteiger partial charge in [-0.05, 0) is 73.5 Å². The van der Waals surface area contributed by atoms with Crippen LogP contribution in [0.3, 0.4) is 0 Å². The number of hydrogen-bond acceptors (Lipinski definition) is 3. The van der Waals surface area contributed by atoms with E-state index in [1.54, 1.807) is 0 Å². The number of fused-ring (bicyclic) bond motifs is 5. The van der Waals surface area contributed by atoms with Gasteiger partial charge in [0.05, 0.1) is 18.3 Å². The Bertz CT molecular complexity index is 501. The van der Waals surface area contributed by atoms with Crippen molar-refractivity contribution in [3.05, 3.63) is 11.6 Å². The van der Waals surface area contributed by atoms with Crippen LogP contribution in [0.5, 0.6) is 0 Å². The third-order valence-electron chi connectivity index (χ3n) is 8.05. The lowest BCUT2D eigenvalue weighted by molar-refractivity contribution is -0.0817. The lowest BCUT2D eigenvalue weighted by atomic mass is 9.48. The van der Waals surface area contributed by atoms with E-state index in [0.29, 0.717) is 17.8 Å². The normalized spacial score (nSPS) is 57.6. The van der Waals surface area contributed by atoms with E-state index in [9.17, 15) is 15.3 Å². The van der Waals surface area contributed by atoms with Crippen molar-refractivity contribution in [1.82, 2.24) is 0 Å². The first-order valence-electron chi connectivity index (χ1n) is 9.10. The van der Waals surface area contributed by atoms with Crippen molar-refractivity contribution in [2.24, 2.45) is 28.6 Å². The highest BCUT2D eigenvalue weighted by Crippen LogP contribution is 2.64. The van der Waals surface area contributed by atoms with Gasteiger partial charge in [-0.15, -0.1) is 0 Å². The van der Waals surface area contributed by atoms with Crippen LogP contribution in [0.15, 0.2) is 11.6 Å². The molecule has 0 unspecified atom stereocenters. The molecule has 0 heterocycles. The van der Waals surface area contributed by atoms with Crippen LogP contribution in [0.1, 0.15) is 58.8 Å². The second kappa shape index (κ2) is 4.81. The van der Waals surface area contributed by atoms with Crippen molar-refractivity contribution < 1.29 is 15.3 Å². The van der Waals surface area contributed by atoms with Gasteiger partial charge >= 0.3 is 0 Å². The summed E-state index contributed by atoms with van der Waals surface area (Å²) in [5.74, 6) is 1.70. The highest BCUT2D eigenvalue weighted by Gasteiger charge is 2.60. The first kappa shape index (κ1) is 15.2. The molecule has 3 saturated carbocycles. The first-order valence-corrected chi connectivity index (χ1v) is 9.10. The molecule has 3 nitrogen and oxygen atoms in total. The lowest BCUT2D eigenvalue weighted by Gasteiger charge is -2.57. The fraction of sp³-hybridized carbons (Fsp3) is 0.895.